The minimum absolute atomic E-state index is 0.0522. The Morgan fingerprint density at radius 1 is 1.18 bits per heavy atom. The molecule has 1 aromatic carbocycles. The molecule has 1 amide bonds. The maximum absolute atomic E-state index is 14.1. The first-order chi connectivity index (χ1) is 15.3. The van der Waals surface area contributed by atoms with E-state index in [1.165, 1.54) is 37.4 Å². The number of carbonyl (C=O) groups excluding carboxylic acids is 1. The van der Waals surface area contributed by atoms with Gasteiger partial charge >= 0.3 is 6.18 Å². The van der Waals surface area contributed by atoms with Crippen LogP contribution in [0.1, 0.15) is 27.3 Å². The summed E-state index contributed by atoms with van der Waals surface area (Å²) in [7, 11) is -3.12. The molecule has 1 unspecified atom stereocenters. The lowest BCUT2D eigenvalue weighted by Crippen LogP contribution is -2.21. The van der Waals surface area contributed by atoms with Crippen LogP contribution in [-0.2, 0) is 15.9 Å². The molecule has 0 bridgehead atoms. The van der Waals surface area contributed by atoms with Crippen LogP contribution in [0.15, 0.2) is 35.4 Å². The molecule has 0 radical (unpaired) electrons. The van der Waals surface area contributed by atoms with Gasteiger partial charge in [-0.2, -0.15) is 17.6 Å². The number of alkyl halides is 3. The lowest BCUT2D eigenvalue weighted by atomic mass is 10.1. The number of aryl methyl sites for hydroxylation is 1. The van der Waals surface area contributed by atoms with Crippen LogP contribution in [0.3, 0.4) is 0 Å². The fourth-order valence-electron chi connectivity index (χ4n) is 2.71. The highest BCUT2D eigenvalue weighted by atomic mass is 32.2. The summed E-state index contributed by atoms with van der Waals surface area (Å²) in [5.41, 5.74) is -2.47. The highest BCUT2D eigenvalue weighted by Gasteiger charge is 2.38. The average Bonchev–Trinajstić information content (AvgIpc) is 2.68. The Bertz CT molecular complexity index is 1350. The number of halogens is 4. The monoisotopic (exact) mass is 484 g/mol. The van der Waals surface area contributed by atoms with Gasteiger partial charge in [0.1, 0.15) is 5.56 Å². The zero-order valence-electron chi connectivity index (χ0n) is 17.3. The molecule has 33 heavy (non-hydrogen) atoms. The number of amides is 1. The third kappa shape index (κ3) is 5.39. The first-order valence-corrected chi connectivity index (χ1v) is 11.0. The third-order valence-electron chi connectivity index (χ3n) is 4.24. The number of carbonyl (C=O) groups is 1. The van der Waals surface area contributed by atoms with Crippen molar-refractivity contribution in [1.82, 2.24) is 20.2 Å². The molecule has 0 aliphatic heterocycles. The fraction of sp³-hybridized carbons (Fsp3) is 0.211. The summed E-state index contributed by atoms with van der Waals surface area (Å²) in [6, 6.07) is 5.44. The molecule has 0 saturated carbocycles. The van der Waals surface area contributed by atoms with Crippen LogP contribution in [0.4, 0.5) is 23.2 Å². The standard InChI is InChI=1S/C19H16F4N6O3S/c1-9-8-25-18(15(20)26-9)32-17-13(10(2)14(28-29-17)19(21,22)23)16(30)27-11-5-4-6-12(7-11)33(3,24)31/h4-8,24H,1-3H3,(H,27,30). The summed E-state index contributed by atoms with van der Waals surface area (Å²) in [5, 5.41) is 8.74. The van der Waals surface area contributed by atoms with Crippen molar-refractivity contribution in [3.8, 4) is 11.8 Å². The fourth-order valence-corrected chi connectivity index (χ4v) is 3.40. The number of hydrogen-bond donors (Lipinski definition) is 2. The Morgan fingerprint density at radius 3 is 2.48 bits per heavy atom. The first-order valence-electron chi connectivity index (χ1n) is 9.04. The van der Waals surface area contributed by atoms with E-state index in [9.17, 15) is 26.6 Å². The number of benzene rings is 1. The Kier molecular flexibility index (Phi) is 6.31. The summed E-state index contributed by atoms with van der Waals surface area (Å²) < 4.78 is 78.9. The highest BCUT2D eigenvalue weighted by molar-refractivity contribution is 7.91. The van der Waals surface area contributed by atoms with E-state index in [-0.39, 0.29) is 16.3 Å². The zero-order valence-corrected chi connectivity index (χ0v) is 18.1. The molecule has 3 aromatic rings. The van der Waals surface area contributed by atoms with Crippen molar-refractivity contribution in [3.63, 3.8) is 0 Å². The molecule has 0 saturated heterocycles. The second kappa shape index (κ2) is 8.69. The molecular weight excluding hydrogens is 468 g/mol. The van der Waals surface area contributed by atoms with Crippen LogP contribution in [-0.4, -0.2) is 36.5 Å². The number of ether oxygens (including phenoxy) is 1. The van der Waals surface area contributed by atoms with Crippen LogP contribution in [0.5, 0.6) is 11.8 Å². The second-order valence-electron chi connectivity index (χ2n) is 6.89. The van der Waals surface area contributed by atoms with E-state index < -0.39 is 56.3 Å². The molecule has 0 spiro atoms. The van der Waals surface area contributed by atoms with E-state index in [0.29, 0.717) is 0 Å². The maximum atomic E-state index is 14.1. The predicted octanol–water partition coefficient (Wildman–Crippen LogP) is 4.12. The van der Waals surface area contributed by atoms with E-state index >= 15 is 0 Å². The van der Waals surface area contributed by atoms with Gasteiger partial charge < -0.3 is 10.1 Å². The van der Waals surface area contributed by atoms with E-state index in [2.05, 4.69) is 25.5 Å². The quantitative estimate of drug-likeness (QED) is 0.521. The van der Waals surface area contributed by atoms with Crippen molar-refractivity contribution in [1.29, 1.82) is 4.78 Å². The second-order valence-corrected chi connectivity index (χ2v) is 9.05. The highest BCUT2D eigenvalue weighted by Crippen LogP contribution is 2.35. The minimum atomic E-state index is -4.93. The SMILES string of the molecule is Cc1cnc(Oc2nnc(C(F)(F)F)c(C)c2C(=O)Nc2cccc(S(C)(=N)=O)c2)c(F)n1. The van der Waals surface area contributed by atoms with Gasteiger partial charge in [0.05, 0.1) is 21.6 Å². The summed E-state index contributed by atoms with van der Waals surface area (Å²) in [5.74, 6) is -3.70. The number of nitrogens with one attached hydrogen (secondary N) is 2. The molecule has 0 aliphatic carbocycles. The summed E-state index contributed by atoms with van der Waals surface area (Å²) in [6.07, 6.45) is -2.61. The summed E-state index contributed by atoms with van der Waals surface area (Å²) >= 11 is 0. The molecular formula is C19H16F4N6O3S. The van der Waals surface area contributed by atoms with Crippen LogP contribution >= 0.6 is 0 Å². The Labute approximate surface area is 185 Å². The molecule has 0 aliphatic rings. The number of anilines is 1. The molecule has 1 atom stereocenters. The normalized spacial score (nSPS) is 13.3. The molecule has 9 nitrogen and oxygen atoms in total. The molecule has 174 valence electrons. The average molecular weight is 484 g/mol. The Balaban J connectivity index is 2.08. The van der Waals surface area contributed by atoms with Crippen LogP contribution < -0.4 is 10.1 Å². The molecule has 14 heteroatoms. The number of nitrogens with zero attached hydrogens (tertiary/aromatic N) is 4. The summed E-state index contributed by atoms with van der Waals surface area (Å²) in [6.45, 7) is 2.44. The predicted molar refractivity (Wildman–Crippen MR) is 108 cm³/mol. The molecule has 2 heterocycles. The van der Waals surface area contributed by atoms with Gasteiger partial charge in [-0.05, 0) is 37.6 Å². The third-order valence-corrected chi connectivity index (χ3v) is 5.39. The Hall–Kier alpha value is -3.68. The molecule has 0 fully saturated rings. The van der Waals surface area contributed by atoms with Crippen molar-refractivity contribution in [2.24, 2.45) is 0 Å². The van der Waals surface area contributed by atoms with Gasteiger partial charge in [0.25, 0.3) is 23.6 Å². The topological polar surface area (TPSA) is 131 Å². The van der Waals surface area contributed by atoms with Crippen molar-refractivity contribution in [2.75, 3.05) is 11.6 Å². The van der Waals surface area contributed by atoms with Crippen molar-refractivity contribution in [3.05, 3.63) is 58.9 Å². The van der Waals surface area contributed by atoms with Gasteiger partial charge in [0.2, 0.25) is 0 Å². The first kappa shape index (κ1) is 24.0. The van der Waals surface area contributed by atoms with E-state index in [1.54, 1.807) is 0 Å². The number of hydrogen-bond acceptors (Lipinski definition) is 8. The van der Waals surface area contributed by atoms with Crippen molar-refractivity contribution >= 4 is 21.3 Å². The van der Waals surface area contributed by atoms with Crippen LogP contribution in [0.2, 0.25) is 0 Å². The van der Waals surface area contributed by atoms with Crippen LogP contribution in [0.25, 0.3) is 0 Å². The van der Waals surface area contributed by atoms with Crippen LogP contribution in [0, 0.1) is 24.6 Å². The van der Waals surface area contributed by atoms with Crippen molar-refractivity contribution < 1.29 is 31.3 Å². The minimum Gasteiger partial charge on any atom is -0.414 e. The largest absolute Gasteiger partial charge is 0.435 e. The number of aromatic nitrogens is 4. The molecule has 3 rings (SSSR count). The Morgan fingerprint density at radius 2 is 1.88 bits per heavy atom. The molecule has 2 N–H and O–H groups in total. The zero-order chi connectivity index (χ0) is 24.6. The van der Waals surface area contributed by atoms with Gasteiger partial charge in [-0.15, -0.1) is 10.2 Å². The lowest BCUT2D eigenvalue weighted by Gasteiger charge is -2.16. The van der Waals surface area contributed by atoms with E-state index in [1.807, 2.05) is 0 Å². The van der Waals surface area contributed by atoms with Gasteiger partial charge in [0.15, 0.2) is 5.69 Å². The van der Waals surface area contributed by atoms with E-state index in [4.69, 9.17) is 9.52 Å². The van der Waals surface area contributed by atoms with E-state index in [0.717, 1.165) is 13.1 Å². The van der Waals surface area contributed by atoms with Crippen molar-refractivity contribution in [2.45, 2.75) is 24.9 Å². The van der Waals surface area contributed by atoms with Gasteiger partial charge in [-0.3, -0.25) is 4.79 Å². The van der Waals surface area contributed by atoms with Gasteiger partial charge in [-0.1, -0.05) is 6.07 Å². The number of rotatable bonds is 5. The lowest BCUT2D eigenvalue weighted by molar-refractivity contribution is -0.142. The molecule has 2 aromatic heterocycles. The smallest absolute Gasteiger partial charge is 0.414 e. The summed E-state index contributed by atoms with van der Waals surface area (Å²) in [4.78, 5) is 20.2. The maximum Gasteiger partial charge on any atom is 0.435 e. The van der Waals surface area contributed by atoms with Gasteiger partial charge in [0, 0.05) is 16.8 Å². The van der Waals surface area contributed by atoms with Gasteiger partial charge in [-0.25, -0.2) is 19.0 Å².